The number of hydrogen-bond acceptors (Lipinski definition) is 1. The van der Waals surface area contributed by atoms with Crippen molar-refractivity contribution in [1.29, 1.82) is 0 Å². The molecule has 1 aromatic rings. The number of nitrogens with zero attached hydrogens (tertiary/aromatic N) is 1. The molecule has 2 heteroatoms. The van der Waals surface area contributed by atoms with Crippen molar-refractivity contribution >= 4 is 11.6 Å². The Morgan fingerprint density at radius 3 is 2.69 bits per heavy atom. The lowest BCUT2D eigenvalue weighted by Gasteiger charge is -2.32. The Hall–Kier alpha value is -0.820. The van der Waals surface area contributed by atoms with E-state index in [2.05, 4.69) is 37.0 Å². The van der Waals surface area contributed by atoms with Gasteiger partial charge in [-0.15, -0.1) is 11.6 Å². The van der Waals surface area contributed by atoms with Gasteiger partial charge in [0.05, 0.1) is 5.38 Å². The molecule has 0 aromatic carbocycles. The molecule has 0 N–H and O–H groups in total. The number of hydrogen-bond donors (Lipinski definition) is 0. The second-order valence-corrected chi connectivity index (χ2v) is 5.98. The Morgan fingerprint density at radius 1 is 1.38 bits per heavy atom. The molecule has 1 heterocycles. The first-order valence-corrected chi connectivity index (χ1v) is 6.21. The molecule has 1 aromatic heterocycles. The molecule has 0 aliphatic heterocycles. The van der Waals surface area contributed by atoms with Crippen LogP contribution in [0.5, 0.6) is 0 Å². The minimum atomic E-state index is 0.195. The van der Waals surface area contributed by atoms with E-state index in [4.69, 9.17) is 11.6 Å². The average molecular weight is 236 g/mol. The Balaban J connectivity index is 2.11. The SMILES string of the molecule is CC1(C)CC(Cc2ccncc2)=CC(Cl)C1. The van der Waals surface area contributed by atoms with Crippen LogP contribution in [0.1, 0.15) is 32.3 Å². The maximum absolute atomic E-state index is 6.27. The van der Waals surface area contributed by atoms with Gasteiger partial charge in [-0.2, -0.15) is 0 Å². The van der Waals surface area contributed by atoms with Crippen LogP contribution in [0.2, 0.25) is 0 Å². The van der Waals surface area contributed by atoms with E-state index >= 15 is 0 Å². The fourth-order valence-corrected chi connectivity index (χ4v) is 3.07. The van der Waals surface area contributed by atoms with Crippen LogP contribution in [0.15, 0.2) is 36.2 Å². The van der Waals surface area contributed by atoms with E-state index in [9.17, 15) is 0 Å². The first-order valence-electron chi connectivity index (χ1n) is 5.78. The van der Waals surface area contributed by atoms with Gasteiger partial charge in [-0.1, -0.05) is 25.5 Å². The summed E-state index contributed by atoms with van der Waals surface area (Å²) in [4.78, 5) is 4.04. The van der Waals surface area contributed by atoms with Crippen molar-refractivity contribution in [3.63, 3.8) is 0 Å². The van der Waals surface area contributed by atoms with Crippen molar-refractivity contribution in [2.45, 2.75) is 38.5 Å². The Morgan fingerprint density at radius 2 is 2.06 bits per heavy atom. The molecular formula is C14H18ClN. The fraction of sp³-hybridized carbons (Fsp3) is 0.500. The summed E-state index contributed by atoms with van der Waals surface area (Å²) < 4.78 is 0. The molecule has 0 spiro atoms. The minimum Gasteiger partial charge on any atom is -0.265 e. The summed E-state index contributed by atoms with van der Waals surface area (Å²) in [6.45, 7) is 4.59. The van der Waals surface area contributed by atoms with E-state index in [1.54, 1.807) is 0 Å². The van der Waals surface area contributed by atoms with Crippen LogP contribution < -0.4 is 0 Å². The lowest BCUT2D eigenvalue weighted by molar-refractivity contribution is 0.320. The van der Waals surface area contributed by atoms with Crippen LogP contribution >= 0.6 is 11.6 Å². The maximum Gasteiger partial charge on any atom is 0.0523 e. The third-order valence-electron chi connectivity index (χ3n) is 3.05. The van der Waals surface area contributed by atoms with E-state index in [1.807, 2.05) is 12.4 Å². The molecule has 0 saturated heterocycles. The smallest absolute Gasteiger partial charge is 0.0523 e. The number of aromatic nitrogens is 1. The Bertz CT molecular complexity index is 381. The minimum absolute atomic E-state index is 0.195. The zero-order chi connectivity index (χ0) is 11.6. The van der Waals surface area contributed by atoms with Crippen LogP contribution in [-0.2, 0) is 6.42 Å². The van der Waals surface area contributed by atoms with Crippen LogP contribution in [0.4, 0.5) is 0 Å². The molecule has 0 amide bonds. The van der Waals surface area contributed by atoms with Crippen molar-refractivity contribution in [3.05, 3.63) is 41.7 Å². The highest BCUT2D eigenvalue weighted by molar-refractivity contribution is 6.21. The van der Waals surface area contributed by atoms with Crippen LogP contribution in [-0.4, -0.2) is 10.4 Å². The second-order valence-electron chi connectivity index (χ2n) is 5.42. The molecule has 0 saturated carbocycles. The zero-order valence-electron chi connectivity index (χ0n) is 9.91. The molecule has 1 atom stereocenters. The summed E-state index contributed by atoms with van der Waals surface area (Å²) in [5.41, 5.74) is 3.12. The lowest BCUT2D eigenvalue weighted by Crippen LogP contribution is -2.22. The molecule has 0 radical (unpaired) electrons. The van der Waals surface area contributed by atoms with Gasteiger partial charge in [-0.05, 0) is 42.4 Å². The molecule has 1 nitrogen and oxygen atoms in total. The number of alkyl halides is 1. The predicted molar refractivity (Wildman–Crippen MR) is 68.7 cm³/mol. The predicted octanol–water partition coefficient (Wildman–Crippen LogP) is 3.98. The summed E-state index contributed by atoms with van der Waals surface area (Å²) in [7, 11) is 0. The van der Waals surface area contributed by atoms with Gasteiger partial charge in [-0.3, -0.25) is 4.98 Å². The third-order valence-corrected chi connectivity index (χ3v) is 3.33. The number of rotatable bonds is 2. The standard InChI is InChI=1S/C14H18ClN/c1-14(2)9-12(8-13(15)10-14)7-11-3-5-16-6-4-11/h3-6,8,13H,7,9-10H2,1-2H3. The Kier molecular flexibility index (Phi) is 3.34. The quantitative estimate of drug-likeness (QED) is 0.558. The van der Waals surface area contributed by atoms with Gasteiger partial charge in [0.25, 0.3) is 0 Å². The van der Waals surface area contributed by atoms with E-state index in [0.717, 1.165) is 19.3 Å². The molecule has 0 bridgehead atoms. The maximum atomic E-state index is 6.27. The monoisotopic (exact) mass is 235 g/mol. The highest BCUT2D eigenvalue weighted by Gasteiger charge is 2.27. The summed E-state index contributed by atoms with van der Waals surface area (Å²) in [6, 6.07) is 4.15. The lowest BCUT2D eigenvalue weighted by atomic mass is 9.76. The average Bonchev–Trinajstić information content (AvgIpc) is 2.15. The summed E-state index contributed by atoms with van der Waals surface area (Å²) >= 11 is 6.27. The van der Waals surface area contributed by atoms with Crippen LogP contribution in [0.25, 0.3) is 0 Å². The second kappa shape index (κ2) is 4.58. The number of pyridine rings is 1. The van der Waals surface area contributed by atoms with Gasteiger partial charge in [0.1, 0.15) is 0 Å². The van der Waals surface area contributed by atoms with Crippen molar-refractivity contribution in [2.75, 3.05) is 0 Å². The fourth-order valence-electron chi connectivity index (χ4n) is 2.47. The van der Waals surface area contributed by atoms with Gasteiger partial charge in [0.2, 0.25) is 0 Å². The normalized spacial score (nSPS) is 23.9. The molecular weight excluding hydrogens is 218 g/mol. The molecule has 1 unspecified atom stereocenters. The highest BCUT2D eigenvalue weighted by Crippen LogP contribution is 2.38. The molecule has 86 valence electrons. The summed E-state index contributed by atoms with van der Waals surface area (Å²) in [5, 5.41) is 0.195. The van der Waals surface area contributed by atoms with Gasteiger partial charge < -0.3 is 0 Å². The molecule has 2 rings (SSSR count). The number of halogens is 1. The largest absolute Gasteiger partial charge is 0.265 e. The van der Waals surface area contributed by atoms with E-state index < -0.39 is 0 Å². The molecule has 0 fully saturated rings. The summed E-state index contributed by atoms with van der Waals surface area (Å²) in [5.74, 6) is 0. The van der Waals surface area contributed by atoms with Crippen molar-refractivity contribution in [2.24, 2.45) is 5.41 Å². The first-order chi connectivity index (χ1) is 7.55. The molecule has 16 heavy (non-hydrogen) atoms. The van der Waals surface area contributed by atoms with Crippen molar-refractivity contribution in [3.8, 4) is 0 Å². The zero-order valence-corrected chi connectivity index (χ0v) is 10.7. The highest BCUT2D eigenvalue weighted by atomic mass is 35.5. The first kappa shape index (κ1) is 11.7. The van der Waals surface area contributed by atoms with E-state index in [1.165, 1.54) is 11.1 Å². The van der Waals surface area contributed by atoms with Crippen molar-refractivity contribution < 1.29 is 0 Å². The van der Waals surface area contributed by atoms with Gasteiger partial charge in [0.15, 0.2) is 0 Å². The van der Waals surface area contributed by atoms with E-state index in [0.29, 0.717) is 5.41 Å². The number of allylic oxidation sites excluding steroid dienone is 2. The Labute approximate surface area is 103 Å². The molecule has 1 aliphatic carbocycles. The van der Waals surface area contributed by atoms with Gasteiger partial charge in [0, 0.05) is 12.4 Å². The topological polar surface area (TPSA) is 12.9 Å². The van der Waals surface area contributed by atoms with Gasteiger partial charge in [-0.25, -0.2) is 0 Å². The van der Waals surface area contributed by atoms with Crippen LogP contribution in [0, 0.1) is 5.41 Å². The summed E-state index contributed by atoms with van der Waals surface area (Å²) in [6.07, 6.45) is 9.17. The van der Waals surface area contributed by atoms with E-state index in [-0.39, 0.29) is 5.38 Å². The van der Waals surface area contributed by atoms with Crippen LogP contribution in [0.3, 0.4) is 0 Å². The van der Waals surface area contributed by atoms with Crippen molar-refractivity contribution in [1.82, 2.24) is 4.98 Å². The molecule has 1 aliphatic rings. The third kappa shape index (κ3) is 3.08. The van der Waals surface area contributed by atoms with Gasteiger partial charge >= 0.3 is 0 Å².